The number of carbonyl (C=O) groups is 1. The van der Waals surface area contributed by atoms with E-state index in [1.54, 1.807) is 18.2 Å². The van der Waals surface area contributed by atoms with E-state index in [0.717, 1.165) is 5.56 Å². The molecule has 0 fully saturated rings. The number of H-pyrrole nitrogens is 1. The fourth-order valence-electron chi connectivity index (χ4n) is 1.36. The molecule has 2 aromatic rings. The normalized spacial score (nSPS) is 10.2. The van der Waals surface area contributed by atoms with Crippen LogP contribution >= 0.6 is 0 Å². The van der Waals surface area contributed by atoms with E-state index in [1.807, 2.05) is 6.07 Å². The molecule has 1 heterocycles. The summed E-state index contributed by atoms with van der Waals surface area (Å²) >= 11 is 0. The largest absolute Gasteiger partial charge is 0.345 e. The molecule has 4 N–H and O–H groups in total. The van der Waals surface area contributed by atoms with E-state index in [0.29, 0.717) is 17.9 Å². The monoisotopic (exact) mass is 232 g/mol. The molecule has 0 aliphatic carbocycles. The Hall–Kier alpha value is -2.28. The van der Waals surface area contributed by atoms with Gasteiger partial charge in [0.1, 0.15) is 0 Å². The van der Waals surface area contributed by atoms with E-state index in [-0.39, 0.29) is 12.5 Å². The van der Waals surface area contributed by atoms with Crippen molar-refractivity contribution in [2.24, 2.45) is 5.73 Å². The van der Waals surface area contributed by atoms with E-state index >= 15 is 0 Å². The predicted molar refractivity (Wildman–Crippen MR) is 59.7 cm³/mol. The van der Waals surface area contributed by atoms with E-state index < -0.39 is 0 Å². The summed E-state index contributed by atoms with van der Waals surface area (Å²) < 4.78 is 0. The molecule has 0 unspecified atom stereocenters. The Kier molecular flexibility index (Phi) is 3.41. The lowest BCUT2D eigenvalue weighted by atomic mass is 10.1. The third kappa shape index (κ3) is 2.85. The number of rotatable bonds is 4. The maximum atomic E-state index is 11.8. The van der Waals surface area contributed by atoms with Gasteiger partial charge in [0.2, 0.25) is 0 Å². The van der Waals surface area contributed by atoms with Crippen molar-refractivity contribution in [2.75, 3.05) is 0 Å². The van der Waals surface area contributed by atoms with Gasteiger partial charge in [0.05, 0.1) is 6.54 Å². The van der Waals surface area contributed by atoms with E-state index in [4.69, 9.17) is 5.73 Å². The molecule has 7 heteroatoms. The molecule has 0 bridgehead atoms. The molecule has 0 spiro atoms. The van der Waals surface area contributed by atoms with Gasteiger partial charge >= 0.3 is 0 Å². The minimum absolute atomic E-state index is 0.190. The van der Waals surface area contributed by atoms with Gasteiger partial charge < -0.3 is 11.1 Å². The molecule has 88 valence electrons. The summed E-state index contributed by atoms with van der Waals surface area (Å²) in [5.41, 5.74) is 6.99. The molecule has 0 saturated carbocycles. The second-order valence-electron chi connectivity index (χ2n) is 3.42. The van der Waals surface area contributed by atoms with Crippen LogP contribution in [0.2, 0.25) is 0 Å². The molecule has 1 amide bonds. The number of nitrogens with one attached hydrogen (secondary N) is 2. The molecule has 0 atom stereocenters. The van der Waals surface area contributed by atoms with Gasteiger partial charge in [0.25, 0.3) is 5.91 Å². The fourth-order valence-corrected chi connectivity index (χ4v) is 1.36. The molecule has 0 aliphatic heterocycles. The van der Waals surface area contributed by atoms with E-state index in [9.17, 15) is 4.79 Å². The minimum Gasteiger partial charge on any atom is -0.345 e. The van der Waals surface area contributed by atoms with Crippen LogP contribution in [0.1, 0.15) is 21.7 Å². The van der Waals surface area contributed by atoms with Crippen LogP contribution in [0.4, 0.5) is 0 Å². The maximum Gasteiger partial charge on any atom is 0.251 e. The number of carbonyl (C=O) groups excluding carboxylic acids is 1. The number of hydrogen-bond acceptors (Lipinski definition) is 5. The van der Waals surface area contributed by atoms with Gasteiger partial charge in [-0.25, -0.2) is 0 Å². The van der Waals surface area contributed by atoms with Crippen molar-refractivity contribution in [2.45, 2.75) is 13.1 Å². The fraction of sp³-hybridized carbons (Fsp3) is 0.200. The first-order valence-electron chi connectivity index (χ1n) is 5.09. The summed E-state index contributed by atoms with van der Waals surface area (Å²) in [7, 11) is 0. The molecule has 1 aromatic carbocycles. The Morgan fingerprint density at radius 1 is 1.47 bits per heavy atom. The van der Waals surface area contributed by atoms with Gasteiger partial charge in [-0.05, 0) is 17.7 Å². The standard InChI is InChI=1S/C10H12N6O/c11-5-7-2-1-3-8(4-7)10(17)12-6-9-13-15-16-14-9/h1-4H,5-6,11H2,(H,12,17)(H,13,14,15,16). The molecular weight excluding hydrogens is 220 g/mol. The Morgan fingerprint density at radius 3 is 3.06 bits per heavy atom. The van der Waals surface area contributed by atoms with Crippen molar-refractivity contribution in [1.29, 1.82) is 0 Å². The second kappa shape index (κ2) is 5.17. The Labute approximate surface area is 97.4 Å². The van der Waals surface area contributed by atoms with Crippen molar-refractivity contribution < 1.29 is 4.79 Å². The lowest BCUT2D eigenvalue weighted by Crippen LogP contribution is -2.23. The van der Waals surface area contributed by atoms with Crippen LogP contribution in [-0.4, -0.2) is 26.5 Å². The third-order valence-electron chi connectivity index (χ3n) is 2.22. The number of nitrogens with two attached hydrogens (primary N) is 1. The van der Waals surface area contributed by atoms with Crippen molar-refractivity contribution in [3.63, 3.8) is 0 Å². The van der Waals surface area contributed by atoms with Gasteiger partial charge in [-0.3, -0.25) is 4.79 Å². The van der Waals surface area contributed by atoms with E-state index in [1.165, 1.54) is 0 Å². The lowest BCUT2D eigenvalue weighted by molar-refractivity contribution is 0.0950. The summed E-state index contributed by atoms with van der Waals surface area (Å²) in [4.78, 5) is 11.8. The van der Waals surface area contributed by atoms with Gasteiger partial charge in [-0.1, -0.05) is 17.3 Å². The highest BCUT2D eigenvalue weighted by Gasteiger charge is 2.06. The predicted octanol–water partition coefficient (Wildman–Crippen LogP) is -0.412. The number of tetrazole rings is 1. The van der Waals surface area contributed by atoms with Crippen LogP contribution in [0.25, 0.3) is 0 Å². The number of benzene rings is 1. The molecule has 17 heavy (non-hydrogen) atoms. The molecule has 1 aromatic heterocycles. The van der Waals surface area contributed by atoms with Crippen molar-refractivity contribution in [3.8, 4) is 0 Å². The molecule has 0 aliphatic rings. The quantitative estimate of drug-likeness (QED) is 0.663. The highest BCUT2D eigenvalue weighted by atomic mass is 16.1. The Bertz CT molecular complexity index is 495. The van der Waals surface area contributed by atoms with Crippen molar-refractivity contribution in [3.05, 3.63) is 41.2 Å². The number of nitrogens with zero attached hydrogens (tertiary/aromatic N) is 3. The molecule has 7 nitrogen and oxygen atoms in total. The highest BCUT2D eigenvalue weighted by Crippen LogP contribution is 2.04. The summed E-state index contributed by atoms with van der Waals surface area (Å²) in [6, 6.07) is 7.15. The molecule has 2 rings (SSSR count). The minimum atomic E-state index is -0.190. The van der Waals surface area contributed by atoms with Gasteiger partial charge in [0.15, 0.2) is 5.82 Å². The topological polar surface area (TPSA) is 110 Å². The SMILES string of the molecule is NCc1cccc(C(=O)NCc2nn[nH]n2)c1. The number of hydrogen-bond donors (Lipinski definition) is 3. The number of amides is 1. The van der Waals surface area contributed by atoms with E-state index in [2.05, 4.69) is 25.9 Å². The van der Waals surface area contributed by atoms with Crippen LogP contribution < -0.4 is 11.1 Å². The first kappa shape index (κ1) is 11.2. The average molecular weight is 232 g/mol. The number of aromatic amines is 1. The van der Waals surface area contributed by atoms with Crippen LogP contribution in [0.3, 0.4) is 0 Å². The smallest absolute Gasteiger partial charge is 0.251 e. The zero-order valence-electron chi connectivity index (χ0n) is 9.05. The molecule has 0 saturated heterocycles. The summed E-state index contributed by atoms with van der Waals surface area (Å²) in [6.07, 6.45) is 0. The van der Waals surface area contributed by atoms with Gasteiger partial charge in [-0.15, -0.1) is 10.2 Å². The third-order valence-corrected chi connectivity index (χ3v) is 2.22. The summed E-state index contributed by atoms with van der Waals surface area (Å²) in [5.74, 6) is 0.249. The van der Waals surface area contributed by atoms with Gasteiger partial charge in [0, 0.05) is 12.1 Å². The lowest BCUT2D eigenvalue weighted by Gasteiger charge is -2.04. The van der Waals surface area contributed by atoms with Gasteiger partial charge in [-0.2, -0.15) is 5.21 Å². The summed E-state index contributed by atoms with van der Waals surface area (Å²) in [5, 5.41) is 15.9. The second-order valence-corrected chi connectivity index (χ2v) is 3.42. The Morgan fingerprint density at radius 2 is 2.35 bits per heavy atom. The van der Waals surface area contributed by atoms with Crippen LogP contribution in [-0.2, 0) is 13.1 Å². The number of aromatic nitrogens is 4. The zero-order valence-corrected chi connectivity index (χ0v) is 9.05. The highest BCUT2D eigenvalue weighted by molar-refractivity contribution is 5.94. The molecule has 0 radical (unpaired) electrons. The first-order valence-corrected chi connectivity index (χ1v) is 5.09. The van der Waals surface area contributed by atoms with Crippen LogP contribution in [0.15, 0.2) is 24.3 Å². The maximum absolute atomic E-state index is 11.8. The van der Waals surface area contributed by atoms with Crippen LogP contribution in [0, 0.1) is 0 Å². The summed E-state index contributed by atoms with van der Waals surface area (Å²) in [6.45, 7) is 0.647. The Balaban J connectivity index is 1.99. The zero-order chi connectivity index (χ0) is 12.1. The van der Waals surface area contributed by atoms with Crippen molar-refractivity contribution in [1.82, 2.24) is 25.9 Å². The van der Waals surface area contributed by atoms with Crippen LogP contribution in [0.5, 0.6) is 0 Å². The first-order chi connectivity index (χ1) is 8.29. The molecular formula is C10H12N6O. The average Bonchev–Trinajstić information content (AvgIpc) is 2.89. The van der Waals surface area contributed by atoms with Crippen molar-refractivity contribution >= 4 is 5.91 Å².